The van der Waals surface area contributed by atoms with E-state index in [1.165, 1.54) is 5.56 Å². The third kappa shape index (κ3) is 2.18. The van der Waals surface area contributed by atoms with Crippen molar-refractivity contribution >= 4 is 5.69 Å². The summed E-state index contributed by atoms with van der Waals surface area (Å²) < 4.78 is 2.06. The monoisotopic (exact) mass is 229 g/mol. The molecule has 0 spiro atoms. The number of benzene rings is 1. The van der Waals surface area contributed by atoms with Gasteiger partial charge in [-0.25, -0.2) is 0 Å². The molecule has 17 heavy (non-hydrogen) atoms. The van der Waals surface area contributed by atoms with E-state index in [2.05, 4.69) is 37.5 Å². The minimum Gasteiger partial charge on any atom is -0.399 e. The van der Waals surface area contributed by atoms with Crippen molar-refractivity contribution in [3.63, 3.8) is 0 Å². The van der Waals surface area contributed by atoms with Crippen LogP contribution < -0.4 is 5.73 Å². The summed E-state index contributed by atoms with van der Waals surface area (Å²) in [7, 11) is 0. The van der Waals surface area contributed by atoms with Crippen LogP contribution >= 0.6 is 0 Å². The van der Waals surface area contributed by atoms with Gasteiger partial charge in [-0.15, -0.1) is 0 Å². The summed E-state index contributed by atoms with van der Waals surface area (Å²) in [6, 6.07) is 7.94. The number of nitrogens with zero attached hydrogens (tertiary/aromatic N) is 2. The van der Waals surface area contributed by atoms with Crippen LogP contribution in [0.2, 0.25) is 0 Å². The zero-order chi connectivity index (χ0) is 12.6. The van der Waals surface area contributed by atoms with Gasteiger partial charge < -0.3 is 5.73 Å². The molecule has 0 amide bonds. The number of anilines is 1. The Morgan fingerprint density at radius 2 is 1.71 bits per heavy atom. The van der Waals surface area contributed by atoms with Crippen molar-refractivity contribution in [2.24, 2.45) is 0 Å². The van der Waals surface area contributed by atoms with Crippen molar-refractivity contribution in [1.29, 1.82) is 0 Å². The van der Waals surface area contributed by atoms with E-state index in [0.29, 0.717) is 0 Å². The van der Waals surface area contributed by atoms with Crippen LogP contribution in [-0.4, -0.2) is 9.78 Å². The molecule has 0 aliphatic rings. The lowest BCUT2D eigenvalue weighted by molar-refractivity contribution is 0.360. The van der Waals surface area contributed by atoms with Crippen LogP contribution in [0.1, 0.15) is 26.3 Å². The van der Waals surface area contributed by atoms with Crippen molar-refractivity contribution in [3.8, 4) is 11.3 Å². The van der Waals surface area contributed by atoms with Gasteiger partial charge in [0.05, 0.1) is 17.4 Å². The van der Waals surface area contributed by atoms with Gasteiger partial charge in [0.2, 0.25) is 0 Å². The maximum Gasteiger partial charge on any atom is 0.0717 e. The molecule has 0 aliphatic heterocycles. The van der Waals surface area contributed by atoms with Crippen molar-refractivity contribution in [1.82, 2.24) is 9.78 Å². The van der Waals surface area contributed by atoms with E-state index < -0.39 is 0 Å². The van der Waals surface area contributed by atoms with Gasteiger partial charge in [0.25, 0.3) is 0 Å². The highest BCUT2D eigenvalue weighted by Crippen LogP contribution is 2.28. The average molecular weight is 229 g/mol. The molecule has 2 N–H and O–H groups in total. The fraction of sp³-hybridized carbons (Fsp3) is 0.357. The van der Waals surface area contributed by atoms with Crippen LogP contribution in [0, 0.1) is 6.92 Å². The molecule has 1 aromatic heterocycles. The predicted molar refractivity (Wildman–Crippen MR) is 71.8 cm³/mol. The van der Waals surface area contributed by atoms with Gasteiger partial charge >= 0.3 is 0 Å². The molecule has 3 nitrogen and oxygen atoms in total. The zero-order valence-corrected chi connectivity index (χ0v) is 10.9. The molecule has 0 saturated carbocycles. The molecule has 0 radical (unpaired) electrons. The lowest BCUT2D eigenvalue weighted by Crippen LogP contribution is -2.24. The highest BCUT2D eigenvalue weighted by atomic mass is 15.3. The van der Waals surface area contributed by atoms with E-state index in [-0.39, 0.29) is 5.54 Å². The minimum absolute atomic E-state index is 0.0228. The number of nitrogens with two attached hydrogens (primary N) is 1. The number of aryl methyl sites for hydroxylation is 1. The van der Waals surface area contributed by atoms with Crippen molar-refractivity contribution in [2.45, 2.75) is 33.2 Å². The summed E-state index contributed by atoms with van der Waals surface area (Å²) in [5.74, 6) is 0. The first-order valence-electron chi connectivity index (χ1n) is 5.80. The lowest BCUT2D eigenvalue weighted by Gasteiger charge is -2.23. The first-order valence-corrected chi connectivity index (χ1v) is 5.80. The van der Waals surface area contributed by atoms with Gasteiger partial charge in [-0.05, 0) is 45.4 Å². The molecule has 0 saturated heterocycles. The molecule has 0 fully saturated rings. The topological polar surface area (TPSA) is 43.8 Å². The van der Waals surface area contributed by atoms with Crippen LogP contribution in [-0.2, 0) is 5.54 Å². The SMILES string of the molecule is Cc1cnn(C(C)(C)C)c1-c1ccc(N)cc1. The molecule has 1 aromatic carbocycles. The Labute approximate surface area is 102 Å². The molecule has 3 heteroatoms. The second-order valence-corrected chi connectivity index (χ2v) is 5.38. The molecular weight excluding hydrogens is 210 g/mol. The van der Waals surface area contributed by atoms with Crippen molar-refractivity contribution in [2.75, 3.05) is 5.73 Å². The molecule has 0 atom stereocenters. The number of nitrogen functional groups attached to an aromatic ring is 1. The van der Waals surface area contributed by atoms with Gasteiger partial charge in [0, 0.05) is 11.3 Å². The molecule has 1 heterocycles. The fourth-order valence-electron chi connectivity index (χ4n) is 1.93. The van der Waals surface area contributed by atoms with Crippen molar-refractivity contribution < 1.29 is 0 Å². The van der Waals surface area contributed by atoms with Gasteiger partial charge in [-0.3, -0.25) is 4.68 Å². The van der Waals surface area contributed by atoms with Gasteiger partial charge in [0.15, 0.2) is 0 Å². The standard InChI is InChI=1S/C14H19N3/c1-10-9-16-17(14(2,3)4)13(10)11-5-7-12(15)8-6-11/h5-9H,15H2,1-4H3. The third-order valence-corrected chi connectivity index (χ3v) is 2.77. The highest BCUT2D eigenvalue weighted by Gasteiger charge is 2.20. The Bertz CT molecular complexity index is 515. The predicted octanol–water partition coefficient (Wildman–Crippen LogP) is 3.20. The van der Waals surface area contributed by atoms with Gasteiger partial charge in [-0.1, -0.05) is 12.1 Å². The van der Waals surface area contributed by atoms with E-state index >= 15 is 0 Å². The Balaban J connectivity index is 2.59. The maximum absolute atomic E-state index is 5.72. The Morgan fingerprint density at radius 3 is 2.24 bits per heavy atom. The molecule has 2 rings (SSSR count). The molecule has 2 aromatic rings. The van der Waals surface area contributed by atoms with Crippen LogP contribution in [0.15, 0.2) is 30.5 Å². The van der Waals surface area contributed by atoms with Gasteiger partial charge in [0.1, 0.15) is 0 Å². The average Bonchev–Trinajstić information content (AvgIpc) is 2.61. The molecule has 0 unspecified atom stereocenters. The molecule has 0 aliphatic carbocycles. The largest absolute Gasteiger partial charge is 0.399 e. The minimum atomic E-state index is -0.0228. The quantitative estimate of drug-likeness (QED) is 0.763. The Hall–Kier alpha value is -1.77. The Morgan fingerprint density at radius 1 is 1.12 bits per heavy atom. The van der Waals surface area contributed by atoms with Crippen molar-refractivity contribution in [3.05, 3.63) is 36.0 Å². The first-order chi connectivity index (χ1) is 7.89. The Kier molecular flexibility index (Phi) is 2.69. The zero-order valence-electron chi connectivity index (χ0n) is 10.9. The smallest absolute Gasteiger partial charge is 0.0717 e. The molecule has 90 valence electrons. The summed E-state index contributed by atoms with van der Waals surface area (Å²) in [6.45, 7) is 8.54. The number of hydrogen-bond donors (Lipinski definition) is 1. The molecular formula is C14H19N3. The summed E-state index contributed by atoms with van der Waals surface area (Å²) in [4.78, 5) is 0. The second-order valence-electron chi connectivity index (χ2n) is 5.38. The first kappa shape index (κ1) is 11.7. The van der Waals surface area contributed by atoms with Crippen LogP contribution in [0.3, 0.4) is 0 Å². The van der Waals surface area contributed by atoms with E-state index in [4.69, 9.17) is 5.73 Å². The summed E-state index contributed by atoms with van der Waals surface area (Å²) in [6.07, 6.45) is 1.91. The van der Waals surface area contributed by atoms with Crippen LogP contribution in [0.4, 0.5) is 5.69 Å². The number of aromatic nitrogens is 2. The third-order valence-electron chi connectivity index (χ3n) is 2.77. The van der Waals surface area contributed by atoms with Gasteiger partial charge in [-0.2, -0.15) is 5.10 Å². The normalized spacial score (nSPS) is 11.8. The summed E-state index contributed by atoms with van der Waals surface area (Å²) in [5.41, 5.74) is 9.99. The second kappa shape index (κ2) is 3.91. The highest BCUT2D eigenvalue weighted by molar-refractivity contribution is 5.65. The fourth-order valence-corrected chi connectivity index (χ4v) is 1.93. The lowest BCUT2D eigenvalue weighted by atomic mass is 10.0. The number of rotatable bonds is 1. The van der Waals surface area contributed by atoms with E-state index in [0.717, 1.165) is 16.9 Å². The summed E-state index contributed by atoms with van der Waals surface area (Å²) in [5, 5.41) is 4.47. The number of hydrogen-bond acceptors (Lipinski definition) is 2. The van der Waals surface area contributed by atoms with E-state index in [1.54, 1.807) is 0 Å². The van der Waals surface area contributed by atoms with Crippen LogP contribution in [0.5, 0.6) is 0 Å². The van der Waals surface area contributed by atoms with E-state index in [1.807, 2.05) is 30.5 Å². The van der Waals surface area contributed by atoms with Crippen LogP contribution in [0.25, 0.3) is 11.3 Å². The summed E-state index contributed by atoms with van der Waals surface area (Å²) >= 11 is 0. The maximum atomic E-state index is 5.72. The van der Waals surface area contributed by atoms with E-state index in [9.17, 15) is 0 Å². The molecule has 0 bridgehead atoms.